The lowest BCUT2D eigenvalue weighted by molar-refractivity contribution is 0.223. The van der Waals surface area contributed by atoms with Gasteiger partial charge in [0, 0.05) is 11.3 Å². The van der Waals surface area contributed by atoms with Crippen LogP contribution in [0.3, 0.4) is 0 Å². The van der Waals surface area contributed by atoms with E-state index in [1.165, 1.54) is 24.1 Å². The molecule has 0 spiro atoms. The fraction of sp³-hybridized carbons (Fsp3) is 0.474. The number of para-hydroxylation sites is 2. The third kappa shape index (κ3) is 3.78. The molecule has 0 radical (unpaired) electrons. The first kappa shape index (κ1) is 16.6. The molecule has 1 aliphatic carbocycles. The lowest BCUT2D eigenvalue weighted by Crippen LogP contribution is -2.25. The molecular weight excluding hydrogens is 302 g/mol. The summed E-state index contributed by atoms with van der Waals surface area (Å²) in [5.74, 6) is 3.30. The minimum atomic E-state index is -0.00388. The molecule has 5 heteroatoms. The van der Waals surface area contributed by atoms with E-state index in [-0.39, 0.29) is 6.10 Å². The number of nitrogens with one attached hydrogen (secondary N) is 1. The third-order valence-electron chi connectivity index (χ3n) is 4.25. The van der Waals surface area contributed by atoms with Crippen molar-refractivity contribution < 1.29 is 9.47 Å². The van der Waals surface area contributed by atoms with Crippen molar-refractivity contribution in [2.24, 2.45) is 0 Å². The van der Waals surface area contributed by atoms with Crippen molar-refractivity contribution in [1.29, 1.82) is 0 Å². The summed E-state index contributed by atoms with van der Waals surface area (Å²) in [6, 6.07) is 7.71. The molecule has 1 unspecified atom stereocenters. The van der Waals surface area contributed by atoms with Crippen molar-refractivity contribution in [1.82, 2.24) is 9.97 Å². The van der Waals surface area contributed by atoms with Crippen LogP contribution in [0.1, 0.15) is 36.8 Å². The molecule has 24 heavy (non-hydrogen) atoms. The number of hydrogen-bond acceptors (Lipinski definition) is 5. The Morgan fingerprint density at radius 1 is 1.12 bits per heavy atom. The average Bonchev–Trinajstić information content (AvgIpc) is 2.60. The molecule has 0 bridgehead atoms. The number of aryl methyl sites for hydroxylation is 2. The summed E-state index contributed by atoms with van der Waals surface area (Å²) in [7, 11) is 1.65. The molecule has 0 saturated carbocycles. The number of nitrogens with zero attached hydrogens (tertiary/aromatic N) is 2. The molecule has 128 valence electrons. The molecule has 1 aromatic carbocycles. The molecule has 3 rings (SSSR count). The minimum Gasteiger partial charge on any atom is -0.493 e. The van der Waals surface area contributed by atoms with Gasteiger partial charge in [-0.3, -0.25) is 0 Å². The largest absolute Gasteiger partial charge is 0.493 e. The number of methoxy groups -OCH3 is 1. The van der Waals surface area contributed by atoms with Crippen molar-refractivity contribution in [3.63, 3.8) is 0 Å². The van der Waals surface area contributed by atoms with Gasteiger partial charge in [0.25, 0.3) is 0 Å². The topological polar surface area (TPSA) is 56.3 Å². The molecule has 2 aromatic rings. The Labute approximate surface area is 143 Å². The van der Waals surface area contributed by atoms with Crippen molar-refractivity contribution in [3.8, 4) is 11.5 Å². The number of benzene rings is 1. The molecule has 1 aliphatic rings. The normalized spacial score (nSPS) is 14.6. The van der Waals surface area contributed by atoms with E-state index in [1.807, 2.05) is 38.1 Å². The molecular formula is C19H25N3O2. The van der Waals surface area contributed by atoms with Crippen molar-refractivity contribution >= 4 is 5.82 Å². The Morgan fingerprint density at radius 2 is 1.88 bits per heavy atom. The quantitative estimate of drug-likeness (QED) is 0.879. The van der Waals surface area contributed by atoms with E-state index in [4.69, 9.17) is 9.47 Å². The first-order chi connectivity index (χ1) is 11.7. The maximum absolute atomic E-state index is 6.00. The summed E-state index contributed by atoms with van der Waals surface area (Å²) in [5.41, 5.74) is 2.48. The van der Waals surface area contributed by atoms with Gasteiger partial charge in [0.05, 0.1) is 13.7 Å². The zero-order valence-corrected chi connectivity index (χ0v) is 14.6. The summed E-state index contributed by atoms with van der Waals surface area (Å²) < 4.78 is 11.3. The maximum Gasteiger partial charge on any atom is 0.161 e. The molecule has 0 aliphatic heterocycles. The standard InChI is InChI=1S/C19H25N3O2/c1-13(24-18-11-7-6-10-17(18)23-3)12-20-19-15-8-4-5-9-16(15)21-14(2)22-19/h6-7,10-11,13H,4-5,8-9,12H2,1-3H3,(H,20,21,22). The summed E-state index contributed by atoms with van der Waals surface area (Å²) in [4.78, 5) is 9.19. The predicted molar refractivity (Wildman–Crippen MR) is 95.0 cm³/mol. The van der Waals surface area contributed by atoms with Crippen molar-refractivity contribution in [3.05, 3.63) is 41.3 Å². The van der Waals surface area contributed by atoms with Crippen LogP contribution in [0.15, 0.2) is 24.3 Å². The van der Waals surface area contributed by atoms with Crippen LogP contribution in [-0.4, -0.2) is 29.7 Å². The predicted octanol–water partition coefficient (Wildman–Crippen LogP) is 3.55. The van der Waals surface area contributed by atoms with Crippen molar-refractivity contribution in [2.45, 2.75) is 45.6 Å². The number of ether oxygens (including phenoxy) is 2. The highest BCUT2D eigenvalue weighted by Crippen LogP contribution is 2.28. The zero-order valence-electron chi connectivity index (χ0n) is 14.6. The number of aromatic nitrogens is 2. The number of rotatable bonds is 6. The SMILES string of the molecule is COc1ccccc1OC(C)CNc1nc(C)nc2c1CCCC2. The van der Waals surface area contributed by atoms with Crippen LogP contribution in [-0.2, 0) is 12.8 Å². The van der Waals surface area contributed by atoms with Gasteiger partial charge in [0.2, 0.25) is 0 Å². The van der Waals surface area contributed by atoms with Crippen LogP contribution in [0.2, 0.25) is 0 Å². The Morgan fingerprint density at radius 3 is 2.67 bits per heavy atom. The maximum atomic E-state index is 6.00. The van der Waals surface area contributed by atoms with E-state index in [1.54, 1.807) is 7.11 Å². The summed E-state index contributed by atoms with van der Waals surface area (Å²) in [6.07, 6.45) is 4.54. The fourth-order valence-corrected chi connectivity index (χ4v) is 3.08. The second-order valence-electron chi connectivity index (χ2n) is 6.21. The molecule has 0 fully saturated rings. The molecule has 0 amide bonds. The number of fused-ring (bicyclic) bond motifs is 1. The van der Waals surface area contributed by atoms with E-state index in [0.29, 0.717) is 6.54 Å². The Kier molecular flexibility index (Phi) is 5.18. The summed E-state index contributed by atoms with van der Waals surface area (Å²) in [6.45, 7) is 4.68. The van der Waals surface area contributed by atoms with Gasteiger partial charge in [-0.05, 0) is 51.7 Å². The van der Waals surface area contributed by atoms with Crippen LogP contribution >= 0.6 is 0 Å². The summed E-state index contributed by atoms with van der Waals surface area (Å²) in [5, 5.41) is 3.45. The number of hydrogen-bond donors (Lipinski definition) is 1. The zero-order chi connectivity index (χ0) is 16.9. The van der Waals surface area contributed by atoms with Crippen LogP contribution < -0.4 is 14.8 Å². The Bertz CT molecular complexity index is 703. The van der Waals surface area contributed by atoms with E-state index in [9.17, 15) is 0 Å². The average molecular weight is 327 g/mol. The minimum absolute atomic E-state index is 0.00388. The van der Waals surface area contributed by atoms with Crippen LogP contribution in [0.5, 0.6) is 11.5 Å². The molecule has 0 saturated heterocycles. The third-order valence-corrected chi connectivity index (χ3v) is 4.25. The number of anilines is 1. The van der Waals surface area contributed by atoms with Gasteiger partial charge >= 0.3 is 0 Å². The van der Waals surface area contributed by atoms with Crippen LogP contribution in [0.25, 0.3) is 0 Å². The lowest BCUT2D eigenvalue weighted by atomic mass is 9.96. The first-order valence-corrected chi connectivity index (χ1v) is 8.57. The van der Waals surface area contributed by atoms with Gasteiger partial charge in [0.15, 0.2) is 11.5 Å². The first-order valence-electron chi connectivity index (χ1n) is 8.57. The van der Waals surface area contributed by atoms with Gasteiger partial charge < -0.3 is 14.8 Å². The van der Waals surface area contributed by atoms with Gasteiger partial charge in [-0.15, -0.1) is 0 Å². The van der Waals surface area contributed by atoms with Gasteiger partial charge in [-0.1, -0.05) is 12.1 Å². The molecule has 1 heterocycles. The molecule has 1 aromatic heterocycles. The smallest absolute Gasteiger partial charge is 0.161 e. The molecule has 5 nitrogen and oxygen atoms in total. The fourth-order valence-electron chi connectivity index (χ4n) is 3.08. The Balaban J connectivity index is 1.66. The van der Waals surface area contributed by atoms with Crippen LogP contribution in [0.4, 0.5) is 5.82 Å². The second kappa shape index (κ2) is 7.51. The molecule has 1 N–H and O–H groups in total. The van der Waals surface area contributed by atoms with Gasteiger partial charge in [-0.2, -0.15) is 0 Å². The van der Waals surface area contributed by atoms with E-state index >= 15 is 0 Å². The van der Waals surface area contributed by atoms with E-state index in [0.717, 1.165) is 36.0 Å². The van der Waals surface area contributed by atoms with Crippen molar-refractivity contribution in [2.75, 3.05) is 19.0 Å². The van der Waals surface area contributed by atoms with E-state index in [2.05, 4.69) is 15.3 Å². The van der Waals surface area contributed by atoms with Gasteiger partial charge in [0.1, 0.15) is 17.7 Å². The highest BCUT2D eigenvalue weighted by atomic mass is 16.5. The second-order valence-corrected chi connectivity index (χ2v) is 6.21. The van der Waals surface area contributed by atoms with Crippen LogP contribution in [0, 0.1) is 6.92 Å². The molecule has 1 atom stereocenters. The van der Waals surface area contributed by atoms with E-state index < -0.39 is 0 Å². The lowest BCUT2D eigenvalue weighted by Gasteiger charge is -2.21. The highest BCUT2D eigenvalue weighted by molar-refractivity contribution is 5.48. The Hall–Kier alpha value is -2.30. The monoisotopic (exact) mass is 327 g/mol. The van der Waals surface area contributed by atoms with Gasteiger partial charge in [-0.25, -0.2) is 9.97 Å². The summed E-state index contributed by atoms with van der Waals surface area (Å²) >= 11 is 0. The highest BCUT2D eigenvalue weighted by Gasteiger charge is 2.17.